The number of nitrogens with zero attached hydrogens (tertiary/aromatic N) is 2. The Morgan fingerprint density at radius 3 is 2.70 bits per heavy atom. The molecule has 0 unspecified atom stereocenters. The first-order valence-electron chi connectivity index (χ1n) is 8.09. The highest BCUT2D eigenvalue weighted by Crippen LogP contribution is 2.55. The van der Waals surface area contributed by atoms with Gasteiger partial charge in [-0.05, 0) is 49.4 Å². The fourth-order valence-corrected chi connectivity index (χ4v) is 4.96. The zero-order chi connectivity index (χ0) is 13.7. The summed E-state index contributed by atoms with van der Waals surface area (Å²) >= 11 is 0. The molecule has 4 heteroatoms. The highest BCUT2D eigenvalue weighted by Gasteiger charge is 2.52. The molecule has 3 fully saturated rings. The second-order valence-electron chi connectivity index (χ2n) is 6.88. The van der Waals surface area contributed by atoms with E-state index in [-0.39, 0.29) is 5.91 Å². The molecule has 1 aromatic heterocycles. The van der Waals surface area contributed by atoms with Crippen molar-refractivity contribution >= 4 is 5.91 Å². The normalized spacial score (nSPS) is 34.8. The first kappa shape index (κ1) is 12.4. The highest BCUT2D eigenvalue weighted by molar-refractivity contribution is 5.95. The minimum Gasteiger partial charge on any atom is -0.338 e. The summed E-state index contributed by atoms with van der Waals surface area (Å²) in [5, 5.41) is 7.07. The highest BCUT2D eigenvalue weighted by atomic mass is 16.2. The molecule has 4 nitrogen and oxygen atoms in total. The molecule has 108 valence electrons. The van der Waals surface area contributed by atoms with Crippen LogP contribution in [0.1, 0.15) is 48.7 Å². The minimum absolute atomic E-state index is 0.205. The van der Waals surface area contributed by atoms with Gasteiger partial charge < -0.3 is 4.90 Å². The summed E-state index contributed by atoms with van der Waals surface area (Å²) in [6.45, 7) is 4.11. The van der Waals surface area contributed by atoms with E-state index < -0.39 is 0 Å². The molecule has 20 heavy (non-hydrogen) atoms. The van der Waals surface area contributed by atoms with Crippen LogP contribution in [0.25, 0.3) is 0 Å². The Labute approximate surface area is 119 Å². The van der Waals surface area contributed by atoms with Gasteiger partial charge in [-0.15, -0.1) is 0 Å². The second kappa shape index (κ2) is 4.61. The molecule has 3 aliphatic rings. The number of aromatic amines is 1. The van der Waals surface area contributed by atoms with E-state index in [2.05, 4.69) is 22.0 Å². The molecule has 2 saturated carbocycles. The van der Waals surface area contributed by atoms with Gasteiger partial charge in [0.1, 0.15) is 0 Å². The van der Waals surface area contributed by atoms with Gasteiger partial charge in [-0.2, -0.15) is 5.10 Å². The summed E-state index contributed by atoms with van der Waals surface area (Å²) in [5.74, 6) is 3.60. The average Bonchev–Trinajstić information content (AvgIpc) is 3.19. The smallest absolute Gasteiger partial charge is 0.257 e. The third kappa shape index (κ3) is 1.73. The van der Waals surface area contributed by atoms with Crippen LogP contribution in [0.2, 0.25) is 0 Å². The van der Waals surface area contributed by atoms with E-state index in [1.165, 1.54) is 19.3 Å². The van der Waals surface area contributed by atoms with E-state index >= 15 is 0 Å². The van der Waals surface area contributed by atoms with Crippen molar-refractivity contribution in [2.75, 3.05) is 13.1 Å². The van der Waals surface area contributed by atoms with Crippen molar-refractivity contribution in [3.05, 3.63) is 17.5 Å². The first-order valence-corrected chi connectivity index (χ1v) is 8.09. The van der Waals surface area contributed by atoms with Gasteiger partial charge in [-0.1, -0.05) is 13.3 Å². The monoisotopic (exact) mass is 273 g/mol. The molecular weight excluding hydrogens is 250 g/mol. The second-order valence-corrected chi connectivity index (χ2v) is 6.88. The lowest BCUT2D eigenvalue weighted by Crippen LogP contribution is -2.30. The molecule has 1 saturated heterocycles. The van der Waals surface area contributed by atoms with Crippen molar-refractivity contribution in [3.63, 3.8) is 0 Å². The predicted octanol–water partition coefficient (Wildman–Crippen LogP) is 2.48. The molecule has 4 atom stereocenters. The quantitative estimate of drug-likeness (QED) is 0.919. The summed E-state index contributed by atoms with van der Waals surface area (Å²) in [6, 6.07) is 0. The first-order chi connectivity index (χ1) is 9.78. The van der Waals surface area contributed by atoms with Crippen LogP contribution in [-0.2, 0) is 6.42 Å². The average molecular weight is 273 g/mol. The molecule has 2 bridgehead atoms. The maximum Gasteiger partial charge on any atom is 0.257 e. The van der Waals surface area contributed by atoms with Gasteiger partial charge in [0.15, 0.2) is 0 Å². The fourth-order valence-electron chi connectivity index (χ4n) is 4.96. The number of carbonyl (C=O) groups excluding carboxylic acids is 1. The molecule has 2 aliphatic carbocycles. The van der Waals surface area contributed by atoms with Gasteiger partial charge in [0, 0.05) is 18.8 Å². The number of nitrogens with one attached hydrogen (secondary N) is 1. The number of amides is 1. The maximum atomic E-state index is 12.7. The summed E-state index contributed by atoms with van der Waals surface area (Å²) in [4.78, 5) is 14.8. The number of likely N-dealkylation sites (tertiary alicyclic amines) is 1. The van der Waals surface area contributed by atoms with E-state index in [4.69, 9.17) is 0 Å². The maximum absolute atomic E-state index is 12.7. The number of rotatable bonds is 3. The van der Waals surface area contributed by atoms with Crippen LogP contribution < -0.4 is 0 Å². The molecule has 0 radical (unpaired) electrons. The predicted molar refractivity (Wildman–Crippen MR) is 76.3 cm³/mol. The van der Waals surface area contributed by atoms with E-state index in [1.54, 1.807) is 6.20 Å². The topological polar surface area (TPSA) is 49.0 Å². The van der Waals surface area contributed by atoms with Gasteiger partial charge in [0.2, 0.25) is 0 Å². The molecule has 1 N–H and O–H groups in total. The zero-order valence-electron chi connectivity index (χ0n) is 12.1. The Morgan fingerprint density at radius 1 is 1.35 bits per heavy atom. The largest absolute Gasteiger partial charge is 0.338 e. The number of hydrogen-bond donors (Lipinski definition) is 1. The van der Waals surface area contributed by atoms with Crippen molar-refractivity contribution in [3.8, 4) is 0 Å². The van der Waals surface area contributed by atoms with Crippen molar-refractivity contribution in [1.82, 2.24) is 15.1 Å². The number of fused-ring (bicyclic) bond motifs is 5. The van der Waals surface area contributed by atoms with E-state index in [0.717, 1.165) is 60.9 Å². The third-order valence-corrected chi connectivity index (χ3v) is 5.87. The molecule has 0 aromatic carbocycles. The Hall–Kier alpha value is -1.32. The molecule has 4 rings (SSSR count). The Balaban J connectivity index is 1.51. The number of carbonyl (C=O) groups is 1. The molecule has 1 aliphatic heterocycles. The molecule has 0 spiro atoms. The number of hydrogen-bond acceptors (Lipinski definition) is 2. The van der Waals surface area contributed by atoms with Crippen LogP contribution in [0, 0.1) is 23.7 Å². The summed E-state index contributed by atoms with van der Waals surface area (Å²) in [7, 11) is 0. The standard InChI is InChI=1S/C16H23N3O/c1-2-3-15-12(7-17-18-15)16(20)19-8-13-10-4-5-11(6-10)14(13)9-19/h7,10-11,13-14H,2-6,8-9H2,1H3,(H,17,18)/t10-,11+,13-,14+. The lowest BCUT2D eigenvalue weighted by atomic mass is 9.82. The van der Waals surface area contributed by atoms with Gasteiger partial charge in [-0.25, -0.2) is 0 Å². The Morgan fingerprint density at radius 2 is 2.05 bits per heavy atom. The lowest BCUT2D eigenvalue weighted by molar-refractivity contribution is 0.0775. The van der Waals surface area contributed by atoms with Crippen LogP contribution in [0.15, 0.2) is 6.20 Å². The SMILES string of the molecule is CCCc1[nH]ncc1C(=O)N1C[C@@H]2[C@@H]3CC[C@@H](C3)[C@@H]2C1. The number of aryl methyl sites for hydroxylation is 1. The summed E-state index contributed by atoms with van der Waals surface area (Å²) in [5.41, 5.74) is 1.82. The van der Waals surface area contributed by atoms with E-state index in [9.17, 15) is 4.79 Å². The van der Waals surface area contributed by atoms with Crippen molar-refractivity contribution in [2.45, 2.75) is 39.0 Å². The molecule has 1 amide bonds. The van der Waals surface area contributed by atoms with E-state index in [0.29, 0.717) is 0 Å². The van der Waals surface area contributed by atoms with E-state index in [1.807, 2.05) is 0 Å². The molecule has 2 heterocycles. The van der Waals surface area contributed by atoms with Crippen LogP contribution in [0.5, 0.6) is 0 Å². The summed E-state index contributed by atoms with van der Waals surface area (Å²) in [6.07, 6.45) is 7.91. The fraction of sp³-hybridized carbons (Fsp3) is 0.750. The van der Waals surface area contributed by atoms with Crippen LogP contribution in [-0.4, -0.2) is 34.1 Å². The van der Waals surface area contributed by atoms with Crippen LogP contribution in [0.3, 0.4) is 0 Å². The van der Waals surface area contributed by atoms with Crippen molar-refractivity contribution < 1.29 is 4.79 Å². The third-order valence-electron chi connectivity index (χ3n) is 5.87. The van der Waals surface area contributed by atoms with Gasteiger partial charge in [-0.3, -0.25) is 9.89 Å². The van der Waals surface area contributed by atoms with Gasteiger partial charge in [0.05, 0.1) is 11.8 Å². The summed E-state index contributed by atoms with van der Waals surface area (Å²) < 4.78 is 0. The molecular formula is C16H23N3O. The number of aromatic nitrogens is 2. The lowest BCUT2D eigenvalue weighted by Gasteiger charge is -2.22. The van der Waals surface area contributed by atoms with Gasteiger partial charge in [0.25, 0.3) is 5.91 Å². The minimum atomic E-state index is 0.205. The number of H-pyrrole nitrogens is 1. The van der Waals surface area contributed by atoms with Crippen LogP contribution in [0.4, 0.5) is 0 Å². The Bertz CT molecular complexity index is 506. The van der Waals surface area contributed by atoms with Crippen molar-refractivity contribution in [2.24, 2.45) is 23.7 Å². The Kier molecular flexibility index (Phi) is 2.86. The van der Waals surface area contributed by atoms with Crippen LogP contribution >= 0.6 is 0 Å². The van der Waals surface area contributed by atoms with Crippen molar-refractivity contribution in [1.29, 1.82) is 0 Å². The zero-order valence-corrected chi connectivity index (χ0v) is 12.1. The molecule has 1 aromatic rings. The van der Waals surface area contributed by atoms with Gasteiger partial charge >= 0.3 is 0 Å².